The Hall–Kier alpha value is -0.900. The van der Waals surface area contributed by atoms with Crippen molar-refractivity contribution in [2.75, 3.05) is 19.6 Å². The summed E-state index contributed by atoms with van der Waals surface area (Å²) in [4.78, 5) is 25.0. The number of hydrogen-bond acceptors (Lipinski definition) is 3. The molecule has 2 aliphatic rings. The number of nitrogens with one attached hydrogen (secondary N) is 1. The van der Waals surface area contributed by atoms with E-state index in [-0.39, 0.29) is 17.9 Å². The third kappa shape index (κ3) is 2.43. The van der Waals surface area contributed by atoms with Gasteiger partial charge in [0.15, 0.2) is 0 Å². The fourth-order valence-corrected chi connectivity index (χ4v) is 2.67. The molecule has 1 N–H and O–H groups in total. The van der Waals surface area contributed by atoms with E-state index in [0.717, 1.165) is 58.0 Å². The van der Waals surface area contributed by atoms with Gasteiger partial charge in [-0.3, -0.25) is 4.79 Å². The molecule has 0 aromatic rings. The Kier molecular flexibility index (Phi) is 3.93. The first kappa shape index (κ1) is 11.6. The molecule has 0 aromatic heterocycles. The Labute approximate surface area is 96.4 Å². The highest BCUT2D eigenvalue weighted by Crippen LogP contribution is 2.20. The molecule has 1 amide bonds. The van der Waals surface area contributed by atoms with Gasteiger partial charge >= 0.3 is 0 Å². The van der Waals surface area contributed by atoms with Crippen LogP contribution in [0.3, 0.4) is 0 Å². The van der Waals surface area contributed by atoms with Crippen molar-refractivity contribution in [3.63, 3.8) is 0 Å². The standard InChI is InChI=1S/C12H20N2O2/c15-9-11-5-1-2-7-14(11)12(16)10-4-3-6-13-8-10/h9-11,13H,1-8H2. The second-order valence-electron chi connectivity index (χ2n) is 4.77. The Morgan fingerprint density at radius 1 is 1.25 bits per heavy atom. The van der Waals surface area contributed by atoms with Gasteiger partial charge in [0, 0.05) is 13.1 Å². The van der Waals surface area contributed by atoms with Gasteiger partial charge in [-0.1, -0.05) is 0 Å². The first-order valence-corrected chi connectivity index (χ1v) is 6.29. The van der Waals surface area contributed by atoms with Crippen LogP contribution in [0.4, 0.5) is 0 Å². The zero-order chi connectivity index (χ0) is 11.4. The van der Waals surface area contributed by atoms with Crippen LogP contribution in [0.1, 0.15) is 32.1 Å². The summed E-state index contributed by atoms with van der Waals surface area (Å²) in [5.41, 5.74) is 0. The van der Waals surface area contributed by atoms with Gasteiger partial charge in [-0.2, -0.15) is 0 Å². The van der Waals surface area contributed by atoms with E-state index in [4.69, 9.17) is 0 Å². The van der Waals surface area contributed by atoms with E-state index in [1.54, 1.807) is 4.90 Å². The molecule has 2 fully saturated rings. The molecule has 4 heteroatoms. The molecule has 90 valence electrons. The number of piperidine rings is 2. The van der Waals surface area contributed by atoms with Crippen LogP contribution in [-0.4, -0.2) is 42.8 Å². The molecule has 2 unspecified atom stereocenters. The average molecular weight is 224 g/mol. The normalized spacial score (nSPS) is 31.1. The van der Waals surface area contributed by atoms with Crippen molar-refractivity contribution in [1.82, 2.24) is 10.2 Å². The predicted molar refractivity (Wildman–Crippen MR) is 61.0 cm³/mol. The Morgan fingerprint density at radius 2 is 2.12 bits per heavy atom. The van der Waals surface area contributed by atoms with Gasteiger partial charge < -0.3 is 15.0 Å². The Morgan fingerprint density at radius 3 is 2.81 bits per heavy atom. The summed E-state index contributed by atoms with van der Waals surface area (Å²) in [6.45, 7) is 2.56. The Balaban J connectivity index is 1.97. The first-order valence-electron chi connectivity index (χ1n) is 6.29. The fraction of sp³-hybridized carbons (Fsp3) is 0.833. The largest absolute Gasteiger partial charge is 0.333 e. The van der Waals surface area contributed by atoms with Crippen molar-refractivity contribution in [2.45, 2.75) is 38.1 Å². The number of nitrogens with zero attached hydrogens (tertiary/aromatic N) is 1. The SMILES string of the molecule is O=CC1CCCCN1C(=O)C1CCCNC1. The van der Waals surface area contributed by atoms with E-state index in [1.807, 2.05) is 0 Å². The molecule has 0 radical (unpaired) electrons. The van der Waals surface area contributed by atoms with Crippen molar-refractivity contribution >= 4 is 12.2 Å². The maximum Gasteiger partial charge on any atom is 0.227 e. The summed E-state index contributed by atoms with van der Waals surface area (Å²) >= 11 is 0. The third-order valence-corrected chi connectivity index (χ3v) is 3.64. The van der Waals surface area contributed by atoms with Gasteiger partial charge in [0.05, 0.1) is 12.0 Å². The number of likely N-dealkylation sites (tertiary alicyclic amines) is 1. The van der Waals surface area contributed by atoms with Gasteiger partial charge in [-0.05, 0) is 38.6 Å². The summed E-state index contributed by atoms with van der Waals surface area (Å²) in [7, 11) is 0. The number of hydrogen-bond donors (Lipinski definition) is 1. The third-order valence-electron chi connectivity index (χ3n) is 3.64. The molecule has 2 aliphatic heterocycles. The molecule has 0 aromatic carbocycles. The lowest BCUT2D eigenvalue weighted by atomic mass is 9.95. The van der Waals surface area contributed by atoms with E-state index in [9.17, 15) is 9.59 Å². The fourth-order valence-electron chi connectivity index (χ4n) is 2.67. The zero-order valence-electron chi connectivity index (χ0n) is 9.65. The number of carbonyl (C=O) groups excluding carboxylic acids is 2. The van der Waals surface area contributed by atoms with Gasteiger partial charge in [-0.25, -0.2) is 0 Å². The van der Waals surface area contributed by atoms with Crippen LogP contribution in [0, 0.1) is 5.92 Å². The van der Waals surface area contributed by atoms with Crippen LogP contribution in [0.15, 0.2) is 0 Å². The number of amides is 1. The molecule has 2 atom stereocenters. The lowest BCUT2D eigenvalue weighted by Gasteiger charge is -2.36. The smallest absolute Gasteiger partial charge is 0.227 e. The molecule has 4 nitrogen and oxygen atoms in total. The topological polar surface area (TPSA) is 49.4 Å². The Bertz CT molecular complexity index is 262. The van der Waals surface area contributed by atoms with Crippen LogP contribution < -0.4 is 5.32 Å². The zero-order valence-corrected chi connectivity index (χ0v) is 9.65. The van der Waals surface area contributed by atoms with Crippen molar-refractivity contribution in [1.29, 1.82) is 0 Å². The number of carbonyl (C=O) groups is 2. The maximum atomic E-state index is 12.2. The summed E-state index contributed by atoms with van der Waals surface area (Å²) in [5, 5.41) is 3.25. The maximum absolute atomic E-state index is 12.2. The van der Waals surface area contributed by atoms with Crippen molar-refractivity contribution in [3.05, 3.63) is 0 Å². The second kappa shape index (κ2) is 5.43. The van der Waals surface area contributed by atoms with Gasteiger partial charge in [0.25, 0.3) is 0 Å². The first-order chi connectivity index (χ1) is 7.83. The number of rotatable bonds is 2. The summed E-state index contributed by atoms with van der Waals surface area (Å²) in [5.74, 6) is 0.276. The molecular weight excluding hydrogens is 204 g/mol. The highest BCUT2D eigenvalue weighted by molar-refractivity contribution is 5.82. The molecule has 0 saturated carbocycles. The average Bonchev–Trinajstić information content (AvgIpc) is 2.39. The predicted octanol–water partition coefficient (Wildman–Crippen LogP) is 0.566. The van der Waals surface area contributed by atoms with E-state index in [0.29, 0.717) is 0 Å². The van der Waals surface area contributed by atoms with Crippen LogP contribution >= 0.6 is 0 Å². The summed E-state index contributed by atoms with van der Waals surface area (Å²) < 4.78 is 0. The molecule has 0 spiro atoms. The highest BCUT2D eigenvalue weighted by Gasteiger charge is 2.31. The molecule has 0 bridgehead atoms. The van der Waals surface area contributed by atoms with Gasteiger partial charge in [0.2, 0.25) is 5.91 Å². The van der Waals surface area contributed by atoms with E-state index in [2.05, 4.69) is 5.32 Å². The van der Waals surface area contributed by atoms with Crippen LogP contribution in [0.25, 0.3) is 0 Å². The molecule has 0 aliphatic carbocycles. The van der Waals surface area contributed by atoms with Crippen molar-refractivity contribution < 1.29 is 9.59 Å². The van der Waals surface area contributed by atoms with E-state index >= 15 is 0 Å². The molecule has 2 heterocycles. The lowest BCUT2D eigenvalue weighted by Crippen LogP contribution is -2.50. The molecule has 16 heavy (non-hydrogen) atoms. The minimum atomic E-state index is -0.164. The van der Waals surface area contributed by atoms with E-state index < -0.39 is 0 Å². The van der Waals surface area contributed by atoms with Crippen molar-refractivity contribution in [2.24, 2.45) is 5.92 Å². The molecule has 2 rings (SSSR count). The molecule has 2 saturated heterocycles. The minimum Gasteiger partial charge on any atom is -0.333 e. The second-order valence-corrected chi connectivity index (χ2v) is 4.77. The minimum absolute atomic E-state index is 0.0919. The molecular formula is C12H20N2O2. The van der Waals surface area contributed by atoms with Gasteiger partial charge in [-0.15, -0.1) is 0 Å². The van der Waals surface area contributed by atoms with Crippen LogP contribution in [0.2, 0.25) is 0 Å². The van der Waals surface area contributed by atoms with Crippen LogP contribution in [0.5, 0.6) is 0 Å². The van der Waals surface area contributed by atoms with Gasteiger partial charge in [0.1, 0.15) is 6.29 Å². The lowest BCUT2D eigenvalue weighted by molar-refractivity contribution is -0.142. The van der Waals surface area contributed by atoms with Crippen molar-refractivity contribution in [3.8, 4) is 0 Å². The highest BCUT2D eigenvalue weighted by atomic mass is 16.2. The number of aldehydes is 1. The summed E-state index contributed by atoms with van der Waals surface area (Å²) in [6, 6.07) is -0.164. The quantitative estimate of drug-likeness (QED) is 0.697. The summed E-state index contributed by atoms with van der Waals surface area (Å²) in [6.07, 6.45) is 5.92. The monoisotopic (exact) mass is 224 g/mol. The van der Waals surface area contributed by atoms with Crippen LogP contribution in [-0.2, 0) is 9.59 Å². The van der Waals surface area contributed by atoms with E-state index in [1.165, 1.54) is 0 Å².